The van der Waals surface area contributed by atoms with Crippen LogP contribution in [-0.2, 0) is 9.59 Å². The highest BCUT2D eigenvalue weighted by Crippen LogP contribution is 2.19. The fraction of sp³-hybridized carbons (Fsp3) is 0.550. The number of benzene rings is 1. The molecule has 1 aromatic carbocycles. The molecule has 0 aliphatic carbocycles. The van der Waals surface area contributed by atoms with Gasteiger partial charge in [0.2, 0.25) is 11.8 Å². The third kappa shape index (κ3) is 5.50. The highest BCUT2D eigenvalue weighted by Gasteiger charge is 2.32. The maximum absolute atomic E-state index is 13.9. The molecule has 28 heavy (non-hydrogen) atoms. The number of hydrogen-bond acceptors (Lipinski definition) is 3. The number of piperidine rings is 1. The molecule has 154 valence electrons. The molecular weight excluding hydrogens is 368 g/mol. The number of hydrogen-bond donors (Lipinski definition) is 2. The molecule has 1 fully saturated rings. The predicted octanol–water partition coefficient (Wildman–Crippen LogP) is 2.09. The molecule has 2 N–H and O–H groups in total. The van der Waals surface area contributed by atoms with Gasteiger partial charge in [0.05, 0.1) is 0 Å². The summed E-state index contributed by atoms with van der Waals surface area (Å²) in [6, 6.07) is 2.31. The van der Waals surface area contributed by atoms with Crippen molar-refractivity contribution in [3.63, 3.8) is 0 Å². The Labute approximate surface area is 163 Å². The maximum atomic E-state index is 13.9. The predicted molar refractivity (Wildman–Crippen MR) is 100 cm³/mol. The Kier molecular flexibility index (Phi) is 7.48. The van der Waals surface area contributed by atoms with E-state index in [0.29, 0.717) is 25.6 Å². The third-order valence-electron chi connectivity index (χ3n) is 4.98. The first-order valence-corrected chi connectivity index (χ1v) is 9.48. The summed E-state index contributed by atoms with van der Waals surface area (Å²) in [6.45, 7) is 6.60. The fourth-order valence-corrected chi connectivity index (χ4v) is 3.28. The molecule has 6 nitrogen and oxygen atoms in total. The second-order valence-corrected chi connectivity index (χ2v) is 7.50. The molecular formula is C20H27F2N3O3. The Morgan fingerprint density at radius 3 is 2.21 bits per heavy atom. The molecule has 1 aliphatic heterocycles. The Hall–Kier alpha value is -2.51. The van der Waals surface area contributed by atoms with E-state index < -0.39 is 29.1 Å². The topological polar surface area (TPSA) is 78.5 Å². The zero-order chi connectivity index (χ0) is 20.8. The molecule has 1 unspecified atom stereocenters. The van der Waals surface area contributed by atoms with E-state index in [1.807, 2.05) is 0 Å². The van der Waals surface area contributed by atoms with E-state index in [1.54, 1.807) is 18.7 Å². The smallest absolute Gasteiger partial charge is 0.257 e. The van der Waals surface area contributed by atoms with Crippen molar-refractivity contribution >= 4 is 17.7 Å². The standard InChI is InChI=1S/C20H27F2N3O3/c1-12(2)18(24-19(27)17-15(21)5-4-6-16(17)22)20(28)25-9-7-14(8-10-25)11-23-13(3)26/h4-6,12,14,18H,7-11H2,1-3H3,(H,23,26)(H,24,27). The van der Waals surface area contributed by atoms with Crippen LogP contribution in [0.1, 0.15) is 44.0 Å². The SMILES string of the molecule is CC(=O)NCC1CCN(C(=O)C(NC(=O)c2c(F)cccc2F)C(C)C)CC1. The minimum absolute atomic E-state index is 0.0820. The summed E-state index contributed by atoms with van der Waals surface area (Å²) in [5.41, 5.74) is -0.685. The molecule has 1 atom stereocenters. The van der Waals surface area contributed by atoms with Gasteiger partial charge in [-0.15, -0.1) is 0 Å². The van der Waals surface area contributed by atoms with Crippen LogP contribution in [0.25, 0.3) is 0 Å². The first kappa shape index (κ1) is 21.8. The largest absolute Gasteiger partial charge is 0.356 e. The van der Waals surface area contributed by atoms with Crippen LogP contribution in [0.4, 0.5) is 8.78 Å². The van der Waals surface area contributed by atoms with Gasteiger partial charge in [-0.2, -0.15) is 0 Å². The molecule has 1 heterocycles. The van der Waals surface area contributed by atoms with Crippen molar-refractivity contribution in [1.29, 1.82) is 0 Å². The lowest BCUT2D eigenvalue weighted by molar-refractivity contribution is -0.135. The molecule has 0 aromatic heterocycles. The van der Waals surface area contributed by atoms with Gasteiger partial charge in [0.1, 0.15) is 23.2 Å². The van der Waals surface area contributed by atoms with Gasteiger partial charge in [-0.05, 0) is 36.8 Å². The highest BCUT2D eigenvalue weighted by atomic mass is 19.1. The molecule has 1 aromatic rings. The summed E-state index contributed by atoms with van der Waals surface area (Å²) in [5, 5.41) is 5.28. The fourth-order valence-electron chi connectivity index (χ4n) is 3.28. The van der Waals surface area contributed by atoms with Gasteiger partial charge >= 0.3 is 0 Å². The average molecular weight is 395 g/mol. The number of nitrogens with one attached hydrogen (secondary N) is 2. The molecule has 0 spiro atoms. The van der Waals surface area contributed by atoms with Crippen LogP contribution < -0.4 is 10.6 Å². The van der Waals surface area contributed by atoms with Gasteiger partial charge in [-0.1, -0.05) is 19.9 Å². The second kappa shape index (κ2) is 9.61. The summed E-state index contributed by atoms with van der Waals surface area (Å²) in [7, 11) is 0. The minimum atomic E-state index is -0.966. The lowest BCUT2D eigenvalue weighted by atomic mass is 9.94. The van der Waals surface area contributed by atoms with Crippen LogP contribution in [0.15, 0.2) is 18.2 Å². The number of carbonyl (C=O) groups is 3. The number of carbonyl (C=O) groups excluding carboxylic acids is 3. The molecule has 2 rings (SSSR count). The van der Waals surface area contributed by atoms with Crippen LogP contribution in [0.2, 0.25) is 0 Å². The van der Waals surface area contributed by atoms with Crippen LogP contribution in [0.3, 0.4) is 0 Å². The first-order chi connectivity index (χ1) is 13.2. The van der Waals surface area contributed by atoms with Crippen LogP contribution in [0, 0.1) is 23.5 Å². The second-order valence-electron chi connectivity index (χ2n) is 7.50. The lowest BCUT2D eigenvalue weighted by Crippen LogP contribution is -2.53. The van der Waals surface area contributed by atoms with Crippen LogP contribution in [0.5, 0.6) is 0 Å². The molecule has 0 saturated carbocycles. The maximum Gasteiger partial charge on any atom is 0.257 e. The number of amides is 3. The van der Waals surface area contributed by atoms with E-state index in [9.17, 15) is 23.2 Å². The highest BCUT2D eigenvalue weighted by molar-refractivity contribution is 5.98. The van der Waals surface area contributed by atoms with Crippen molar-refractivity contribution in [1.82, 2.24) is 15.5 Å². The van der Waals surface area contributed by atoms with Crippen molar-refractivity contribution in [2.75, 3.05) is 19.6 Å². The number of rotatable bonds is 6. The van der Waals surface area contributed by atoms with Gasteiger partial charge in [0.25, 0.3) is 5.91 Å². The lowest BCUT2D eigenvalue weighted by Gasteiger charge is -2.35. The van der Waals surface area contributed by atoms with Crippen molar-refractivity contribution in [3.8, 4) is 0 Å². The van der Waals surface area contributed by atoms with Gasteiger partial charge in [0.15, 0.2) is 0 Å². The number of nitrogens with zero attached hydrogens (tertiary/aromatic N) is 1. The summed E-state index contributed by atoms with van der Waals surface area (Å²) < 4.78 is 27.7. The van der Waals surface area contributed by atoms with Crippen LogP contribution in [-0.4, -0.2) is 48.3 Å². The van der Waals surface area contributed by atoms with Crippen molar-refractivity contribution in [3.05, 3.63) is 35.4 Å². The Morgan fingerprint density at radius 2 is 1.71 bits per heavy atom. The van der Waals surface area contributed by atoms with Gasteiger partial charge in [-0.25, -0.2) is 8.78 Å². The first-order valence-electron chi connectivity index (χ1n) is 9.48. The van der Waals surface area contributed by atoms with Crippen molar-refractivity contribution in [2.24, 2.45) is 11.8 Å². The summed E-state index contributed by atoms with van der Waals surface area (Å²) in [4.78, 5) is 38.0. The third-order valence-corrected chi connectivity index (χ3v) is 4.98. The molecule has 1 saturated heterocycles. The van der Waals surface area contributed by atoms with Crippen molar-refractivity contribution in [2.45, 2.75) is 39.7 Å². The van der Waals surface area contributed by atoms with E-state index in [-0.39, 0.29) is 17.7 Å². The Balaban J connectivity index is 2.01. The molecule has 8 heteroatoms. The molecule has 0 radical (unpaired) electrons. The normalized spacial score (nSPS) is 16.0. The Morgan fingerprint density at radius 1 is 1.14 bits per heavy atom. The van der Waals surface area contributed by atoms with Crippen LogP contribution >= 0.6 is 0 Å². The van der Waals surface area contributed by atoms with E-state index in [4.69, 9.17) is 0 Å². The van der Waals surface area contributed by atoms with E-state index in [2.05, 4.69) is 10.6 Å². The van der Waals surface area contributed by atoms with Gasteiger partial charge in [-0.3, -0.25) is 14.4 Å². The summed E-state index contributed by atoms with van der Waals surface area (Å²) in [5.74, 6) is -3.17. The summed E-state index contributed by atoms with van der Waals surface area (Å²) >= 11 is 0. The molecule has 1 aliphatic rings. The average Bonchev–Trinajstić information content (AvgIpc) is 2.64. The van der Waals surface area contributed by atoms with Gasteiger partial charge in [0, 0.05) is 26.6 Å². The number of halogens is 2. The zero-order valence-electron chi connectivity index (χ0n) is 16.4. The zero-order valence-corrected chi connectivity index (χ0v) is 16.4. The minimum Gasteiger partial charge on any atom is -0.356 e. The van der Waals surface area contributed by atoms with E-state index >= 15 is 0 Å². The summed E-state index contributed by atoms with van der Waals surface area (Å²) in [6.07, 6.45) is 1.49. The van der Waals surface area contributed by atoms with E-state index in [0.717, 1.165) is 25.0 Å². The van der Waals surface area contributed by atoms with Crippen molar-refractivity contribution < 1.29 is 23.2 Å². The Bertz CT molecular complexity index is 711. The molecule has 3 amide bonds. The van der Waals surface area contributed by atoms with Gasteiger partial charge < -0.3 is 15.5 Å². The number of likely N-dealkylation sites (tertiary alicyclic amines) is 1. The molecule has 0 bridgehead atoms. The van der Waals surface area contributed by atoms with E-state index in [1.165, 1.54) is 13.0 Å². The quantitative estimate of drug-likeness (QED) is 0.774. The monoisotopic (exact) mass is 395 g/mol.